The van der Waals surface area contributed by atoms with Crippen molar-refractivity contribution in [2.75, 3.05) is 0 Å². The highest BCUT2D eigenvalue weighted by Crippen LogP contribution is 2.24. The SMILES string of the molecule is O=C(O)[C@@H]1CC[C@H](O)C1. The molecular weight excluding hydrogens is 120 g/mol. The van der Waals surface area contributed by atoms with E-state index in [1.165, 1.54) is 0 Å². The monoisotopic (exact) mass is 130 g/mol. The molecule has 0 heterocycles. The van der Waals surface area contributed by atoms with E-state index in [4.69, 9.17) is 10.2 Å². The molecule has 0 radical (unpaired) electrons. The minimum absolute atomic E-state index is 0.292. The van der Waals surface area contributed by atoms with Gasteiger partial charge in [-0.15, -0.1) is 0 Å². The van der Waals surface area contributed by atoms with Crippen molar-refractivity contribution in [3.8, 4) is 0 Å². The van der Waals surface area contributed by atoms with Gasteiger partial charge >= 0.3 is 5.97 Å². The standard InChI is InChI=1S/C6H10O3/c7-5-2-1-4(3-5)6(8)9/h4-5,7H,1-3H2,(H,8,9)/t4-,5+/m1/s1. The van der Waals surface area contributed by atoms with Gasteiger partial charge in [0, 0.05) is 0 Å². The molecule has 0 bridgehead atoms. The molecule has 0 aromatic rings. The van der Waals surface area contributed by atoms with E-state index in [-0.39, 0.29) is 12.0 Å². The molecule has 3 heteroatoms. The first-order valence-electron chi connectivity index (χ1n) is 3.11. The van der Waals surface area contributed by atoms with E-state index in [0.29, 0.717) is 19.3 Å². The fraction of sp³-hybridized carbons (Fsp3) is 0.833. The van der Waals surface area contributed by atoms with Gasteiger partial charge < -0.3 is 10.2 Å². The molecule has 0 aromatic carbocycles. The van der Waals surface area contributed by atoms with Crippen LogP contribution in [0.1, 0.15) is 19.3 Å². The van der Waals surface area contributed by atoms with Crippen molar-refractivity contribution in [3.63, 3.8) is 0 Å². The Morgan fingerprint density at radius 2 is 2.11 bits per heavy atom. The highest BCUT2D eigenvalue weighted by molar-refractivity contribution is 5.70. The summed E-state index contributed by atoms with van der Waals surface area (Å²) in [6, 6.07) is 0. The zero-order chi connectivity index (χ0) is 6.85. The smallest absolute Gasteiger partial charge is 0.306 e. The van der Waals surface area contributed by atoms with Gasteiger partial charge in [0.2, 0.25) is 0 Å². The molecule has 3 nitrogen and oxygen atoms in total. The van der Waals surface area contributed by atoms with Crippen LogP contribution in [0.25, 0.3) is 0 Å². The Morgan fingerprint density at radius 3 is 2.33 bits per heavy atom. The van der Waals surface area contributed by atoms with Crippen LogP contribution in [0.4, 0.5) is 0 Å². The summed E-state index contributed by atoms with van der Waals surface area (Å²) in [7, 11) is 0. The maximum absolute atomic E-state index is 10.2. The van der Waals surface area contributed by atoms with Crippen molar-refractivity contribution >= 4 is 5.97 Å². The first-order valence-corrected chi connectivity index (χ1v) is 3.11. The summed E-state index contributed by atoms with van der Waals surface area (Å²) >= 11 is 0. The second kappa shape index (κ2) is 2.35. The van der Waals surface area contributed by atoms with E-state index < -0.39 is 5.97 Å². The lowest BCUT2D eigenvalue weighted by atomic mass is 10.1. The summed E-state index contributed by atoms with van der Waals surface area (Å²) in [5.74, 6) is -1.06. The van der Waals surface area contributed by atoms with E-state index >= 15 is 0 Å². The van der Waals surface area contributed by atoms with Crippen LogP contribution in [0.5, 0.6) is 0 Å². The number of aliphatic hydroxyl groups excluding tert-OH is 1. The van der Waals surface area contributed by atoms with Crippen molar-refractivity contribution < 1.29 is 15.0 Å². The van der Waals surface area contributed by atoms with Gasteiger partial charge in [0.25, 0.3) is 0 Å². The Balaban J connectivity index is 2.39. The maximum Gasteiger partial charge on any atom is 0.306 e. The average Bonchev–Trinajstić information content (AvgIpc) is 2.14. The lowest BCUT2D eigenvalue weighted by molar-refractivity contribution is -0.141. The van der Waals surface area contributed by atoms with Gasteiger partial charge in [-0.3, -0.25) is 4.79 Å². The van der Waals surface area contributed by atoms with Crippen molar-refractivity contribution in [2.45, 2.75) is 25.4 Å². The number of carbonyl (C=O) groups is 1. The molecule has 0 spiro atoms. The summed E-state index contributed by atoms with van der Waals surface area (Å²) < 4.78 is 0. The third-order valence-corrected chi connectivity index (χ3v) is 1.75. The Kier molecular flexibility index (Phi) is 1.71. The molecule has 0 aromatic heterocycles. The normalized spacial score (nSPS) is 34.8. The van der Waals surface area contributed by atoms with Crippen molar-refractivity contribution in [1.29, 1.82) is 0 Å². The van der Waals surface area contributed by atoms with Gasteiger partial charge in [0.05, 0.1) is 12.0 Å². The van der Waals surface area contributed by atoms with Crippen LogP contribution < -0.4 is 0 Å². The molecule has 2 atom stereocenters. The van der Waals surface area contributed by atoms with E-state index in [0.717, 1.165) is 0 Å². The van der Waals surface area contributed by atoms with Crippen LogP contribution in [0.2, 0.25) is 0 Å². The largest absolute Gasteiger partial charge is 0.481 e. The molecular formula is C6H10O3. The van der Waals surface area contributed by atoms with Crippen LogP contribution in [0, 0.1) is 5.92 Å². The summed E-state index contributed by atoms with van der Waals surface area (Å²) in [5, 5.41) is 17.3. The first-order chi connectivity index (χ1) is 4.20. The molecule has 9 heavy (non-hydrogen) atoms. The Morgan fingerprint density at radius 1 is 1.44 bits per heavy atom. The second-order valence-electron chi connectivity index (χ2n) is 2.50. The number of carboxylic acid groups (broad SMARTS) is 1. The molecule has 1 aliphatic carbocycles. The summed E-state index contributed by atoms with van der Waals surface area (Å²) in [5.41, 5.74) is 0. The molecule has 0 aliphatic heterocycles. The topological polar surface area (TPSA) is 57.5 Å². The van der Waals surface area contributed by atoms with E-state index in [1.54, 1.807) is 0 Å². The van der Waals surface area contributed by atoms with E-state index in [9.17, 15) is 4.79 Å². The predicted octanol–water partition coefficient (Wildman–Crippen LogP) is 0.232. The Labute approximate surface area is 53.3 Å². The number of aliphatic carboxylic acids is 1. The number of aliphatic hydroxyl groups is 1. The van der Waals surface area contributed by atoms with Crippen molar-refractivity contribution in [1.82, 2.24) is 0 Å². The molecule has 2 N–H and O–H groups in total. The molecule has 1 fully saturated rings. The van der Waals surface area contributed by atoms with Gasteiger partial charge in [-0.05, 0) is 19.3 Å². The lowest BCUT2D eigenvalue weighted by Gasteiger charge is -1.99. The molecule has 0 saturated heterocycles. The minimum Gasteiger partial charge on any atom is -0.481 e. The summed E-state index contributed by atoms with van der Waals surface area (Å²) in [6.45, 7) is 0. The van der Waals surface area contributed by atoms with Crippen LogP contribution >= 0.6 is 0 Å². The van der Waals surface area contributed by atoms with Crippen LogP contribution in [0.15, 0.2) is 0 Å². The third-order valence-electron chi connectivity index (χ3n) is 1.75. The number of hydrogen-bond donors (Lipinski definition) is 2. The van der Waals surface area contributed by atoms with E-state index in [2.05, 4.69) is 0 Å². The Hall–Kier alpha value is -0.570. The number of carboxylic acids is 1. The second-order valence-corrected chi connectivity index (χ2v) is 2.50. The highest BCUT2D eigenvalue weighted by atomic mass is 16.4. The first kappa shape index (κ1) is 6.55. The summed E-state index contributed by atoms with van der Waals surface area (Å²) in [4.78, 5) is 10.2. The van der Waals surface area contributed by atoms with Crippen LogP contribution in [-0.2, 0) is 4.79 Å². The Bertz CT molecular complexity index is 121. The molecule has 52 valence electrons. The van der Waals surface area contributed by atoms with Crippen molar-refractivity contribution in [2.24, 2.45) is 5.92 Å². The van der Waals surface area contributed by atoms with Gasteiger partial charge in [0.1, 0.15) is 0 Å². The van der Waals surface area contributed by atoms with Gasteiger partial charge in [0.15, 0.2) is 0 Å². The molecule has 1 saturated carbocycles. The van der Waals surface area contributed by atoms with E-state index in [1.807, 2.05) is 0 Å². The fourth-order valence-electron chi connectivity index (χ4n) is 1.18. The predicted molar refractivity (Wildman–Crippen MR) is 31.0 cm³/mol. The molecule has 0 amide bonds. The van der Waals surface area contributed by atoms with Gasteiger partial charge in [-0.25, -0.2) is 0 Å². The fourth-order valence-corrected chi connectivity index (χ4v) is 1.18. The molecule has 1 aliphatic rings. The quantitative estimate of drug-likeness (QED) is 0.534. The van der Waals surface area contributed by atoms with Gasteiger partial charge in [-0.1, -0.05) is 0 Å². The molecule has 0 unspecified atom stereocenters. The zero-order valence-electron chi connectivity index (χ0n) is 5.08. The van der Waals surface area contributed by atoms with Crippen LogP contribution in [0.3, 0.4) is 0 Å². The number of hydrogen-bond acceptors (Lipinski definition) is 2. The van der Waals surface area contributed by atoms with Crippen molar-refractivity contribution in [3.05, 3.63) is 0 Å². The lowest BCUT2D eigenvalue weighted by Crippen LogP contribution is -2.10. The zero-order valence-corrected chi connectivity index (χ0v) is 5.08. The van der Waals surface area contributed by atoms with Crippen LogP contribution in [-0.4, -0.2) is 22.3 Å². The summed E-state index contributed by atoms with van der Waals surface area (Å²) in [6.07, 6.45) is 1.36. The average molecular weight is 130 g/mol. The van der Waals surface area contributed by atoms with Gasteiger partial charge in [-0.2, -0.15) is 0 Å². The highest BCUT2D eigenvalue weighted by Gasteiger charge is 2.27. The third kappa shape index (κ3) is 1.42. The number of rotatable bonds is 1. The minimum atomic E-state index is -0.772. The molecule has 1 rings (SSSR count). The maximum atomic E-state index is 10.2.